The average Bonchev–Trinajstić information content (AvgIpc) is 3.57. The monoisotopic (exact) mass is 414 g/mol. The molecule has 2 saturated heterocycles. The Labute approximate surface area is 183 Å². The van der Waals surface area contributed by atoms with Crippen LogP contribution in [0.1, 0.15) is 76.7 Å². The molecule has 4 atom stereocenters. The molecule has 0 aliphatic carbocycles. The number of aliphatic hydroxyl groups is 2. The van der Waals surface area contributed by atoms with Gasteiger partial charge in [0.15, 0.2) is 0 Å². The van der Waals surface area contributed by atoms with Crippen LogP contribution in [-0.4, -0.2) is 35.4 Å². The van der Waals surface area contributed by atoms with E-state index in [0.717, 1.165) is 37.1 Å². The van der Waals surface area contributed by atoms with E-state index in [2.05, 4.69) is 10.6 Å². The van der Waals surface area contributed by atoms with Gasteiger partial charge < -0.3 is 20.8 Å². The molecular weight excluding hydrogens is 372 g/mol. The maximum absolute atomic E-state index is 9.96. The number of hydrogen-bond acceptors (Lipinski definition) is 4. The minimum atomic E-state index is -0.344. The van der Waals surface area contributed by atoms with E-state index < -0.39 is 0 Å². The third-order valence-corrected chi connectivity index (χ3v) is 5.24. The predicted molar refractivity (Wildman–Crippen MR) is 128 cm³/mol. The Morgan fingerprint density at radius 3 is 1.23 bits per heavy atom. The van der Waals surface area contributed by atoms with Gasteiger partial charge in [0, 0.05) is 12.1 Å². The molecule has 1 unspecified atom stereocenters. The molecule has 168 valence electrons. The molecular formula is C26H42N2O2. The van der Waals surface area contributed by atoms with E-state index in [1.165, 1.54) is 12.8 Å². The molecule has 4 N–H and O–H groups in total. The van der Waals surface area contributed by atoms with E-state index in [0.29, 0.717) is 0 Å². The van der Waals surface area contributed by atoms with Gasteiger partial charge in [0.2, 0.25) is 0 Å². The van der Waals surface area contributed by atoms with Crippen molar-refractivity contribution >= 4 is 0 Å². The number of aliphatic hydroxyl groups excluding tert-OH is 2. The summed E-state index contributed by atoms with van der Waals surface area (Å²) in [6.45, 7) is 10.1. The van der Waals surface area contributed by atoms with Crippen molar-refractivity contribution in [2.75, 3.05) is 13.1 Å². The molecule has 2 fully saturated rings. The van der Waals surface area contributed by atoms with Crippen LogP contribution in [0.4, 0.5) is 0 Å². The molecule has 4 rings (SSSR count). The largest absolute Gasteiger partial charge is 0.387 e. The number of benzene rings is 2. The van der Waals surface area contributed by atoms with Crippen LogP contribution in [-0.2, 0) is 0 Å². The molecule has 4 nitrogen and oxygen atoms in total. The Hall–Kier alpha value is -1.72. The van der Waals surface area contributed by atoms with Crippen molar-refractivity contribution in [2.45, 2.75) is 77.7 Å². The lowest BCUT2D eigenvalue weighted by molar-refractivity contribution is 0.137. The highest BCUT2D eigenvalue weighted by Crippen LogP contribution is 2.23. The third kappa shape index (κ3) is 8.57. The van der Waals surface area contributed by atoms with Crippen molar-refractivity contribution in [1.82, 2.24) is 10.6 Å². The lowest BCUT2D eigenvalue weighted by Crippen LogP contribution is -2.28. The molecule has 0 aromatic heterocycles. The normalized spacial score (nSPS) is 21.7. The van der Waals surface area contributed by atoms with Crippen molar-refractivity contribution in [2.24, 2.45) is 0 Å². The van der Waals surface area contributed by atoms with Crippen LogP contribution < -0.4 is 10.6 Å². The van der Waals surface area contributed by atoms with E-state index >= 15 is 0 Å². The topological polar surface area (TPSA) is 64.5 Å². The first-order valence-corrected chi connectivity index (χ1v) is 11.7. The average molecular weight is 415 g/mol. The summed E-state index contributed by atoms with van der Waals surface area (Å²) in [5, 5.41) is 26.5. The lowest BCUT2D eigenvalue weighted by atomic mass is 10.0. The maximum Gasteiger partial charge on any atom is 0.0942 e. The second kappa shape index (κ2) is 16.0. The van der Waals surface area contributed by atoms with Crippen LogP contribution >= 0.6 is 0 Å². The molecule has 2 aromatic rings. The molecule has 30 heavy (non-hydrogen) atoms. The molecule has 4 heteroatoms. The van der Waals surface area contributed by atoms with E-state index in [9.17, 15) is 10.2 Å². The quantitative estimate of drug-likeness (QED) is 0.569. The minimum absolute atomic E-state index is 0.252. The van der Waals surface area contributed by atoms with Gasteiger partial charge in [-0.3, -0.25) is 0 Å². The molecule has 0 amide bonds. The summed E-state index contributed by atoms with van der Waals surface area (Å²) >= 11 is 0. The van der Waals surface area contributed by atoms with Gasteiger partial charge in [-0.2, -0.15) is 0 Å². The highest BCUT2D eigenvalue weighted by molar-refractivity contribution is 5.20. The first kappa shape index (κ1) is 26.3. The Kier molecular flexibility index (Phi) is 14.1. The van der Waals surface area contributed by atoms with Gasteiger partial charge in [-0.25, -0.2) is 0 Å². The lowest BCUT2D eigenvalue weighted by Gasteiger charge is -2.18. The van der Waals surface area contributed by atoms with Crippen LogP contribution in [0.2, 0.25) is 0 Å². The van der Waals surface area contributed by atoms with Crippen molar-refractivity contribution in [3.05, 3.63) is 71.8 Å². The van der Waals surface area contributed by atoms with E-state index in [1.54, 1.807) is 0 Å². The minimum Gasteiger partial charge on any atom is -0.387 e. The maximum atomic E-state index is 9.96. The number of hydrogen-bond donors (Lipinski definition) is 4. The molecule has 0 radical (unpaired) electrons. The molecule has 2 aliphatic heterocycles. The molecule has 0 saturated carbocycles. The van der Waals surface area contributed by atoms with Gasteiger partial charge in [0.25, 0.3) is 0 Å². The van der Waals surface area contributed by atoms with E-state index in [4.69, 9.17) is 0 Å². The van der Waals surface area contributed by atoms with Crippen LogP contribution in [0.3, 0.4) is 0 Å². The predicted octanol–water partition coefficient (Wildman–Crippen LogP) is 5.00. The van der Waals surface area contributed by atoms with Gasteiger partial charge in [-0.15, -0.1) is 0 Å². The fraction of sp³-hybridized carbons (Fsp3) is 0.538. The van der Waals surface area contributed by atoms with Crippen molar-refractivity contribution in [3.63, 3.8) is 0 Å². The van der Waals surface area contributed by atoms with Gasteiger partial charge in [0.05, 0.1) is 12.2 Å². The Morgan fingerprint density at radius 2 is 0.967 bits per heavy atom. The highest BCUT2D eigenvalue weighted by Gasteiger charge is 2.24. The van der Waals surface area contributed by atoms with Gasteiger partial charge in [-0.1, -0.05) is 88.4 Å². The first-order valence-electron chi connectivity index (χ1n) is 11.7. The Morgan fingerprint density at radius 1 is 0.633 bits per heavy atom. The highest BCUT2D eigenvalue weighted by atomic mass is 16.3. The van der Waals surface area contributed by atoms with Crippen LogP contribution in [0, 0.1) is 0 Å². The number of nitrogens with one attached hydrogen (secondary N) is 2. The molecule has 2 aromatic carbocycles. The van der Waals surface area contributed by atoms with E-state index in [1.807, 2.05) is 88.4 Å². The molecule has 0 bridgehead atoms. The fourth-order valence-electron chi connectivity index (χ4n) is 3.73. The zero-order valence-electron chi connectivity index (χ0n) is 19.2. The zero-order valence-corrected chi connectivity index (χ0v) is 19.2. The summed E-state index contributed by atoms with van der Waals surface area (Å²) < 4.78 is 0. The first-order chi connectivity index (χ1) is 14.8. The second-order valence-electron chi connectivity index (χ2n) is 7.12. The second-order valence-corrected chi connectivity index (χ2v) is 7.12. The van der Waals surface area contributed by atoms with Gasteiger partial charge >= 0.3 is 0 Å². The molecule has 2 aliphatic rings. The fourth-order valence-corrected chi connectivity index (χ4v) is 3.73. The summed E-state index contributed by atoms with van der Waals surface area (Å²) in [7, 11) is 0. The van der Waals surface area contributed by atoms with Crippen LogP contribution in [0.5, 0.6) is 0 Å². The summed E-state index contributed by atoms with van der Waals surface area (Å²) in [5.41, 5.74) is 2.03. The zero-order chi connectivity index (χ0) is 22.2. The van der Waals surface area contributed by atoms with Gasteiger partial charge in [-0.05, 0) is 49.9 Å². The Balaban J connectivity index is 0.000000258. The summed E-state index contributed by atoms with van der Waals surface area (Å²) in [5.74, 6) is 0. The van der Waals surface area contributed by atoms with Gasteiger partial charge in [0.1, 0.15) is 0 Å². The Bertz CT molecular complexity index is 566. The smallest absolute Gasteiger partial charge is 0.0942 e. The molecule has 0 spiro atoms. The summed E-state index contributed by atoms with van der Waals surface area (Å²) in [4.78, 5) is 0. The standard InChI is InChI=1S/2C11H15NO.2C2H6/c2*13-11(10-7-4-8-12-10)9-5-2-1-3-6-9;2*1-2/h2*1-3,5-6,10-13H,4,7-8H2;2*1-2H3/t10?,11-;10-,11-;;/m11../s1. The number of rotatable bonds is 4. The summed E-state index contributed by atoms with van der Waals surface area (Å²) in [6, 6.07) is 20.2. The molecule has 2 heterocycles. The van der Waals surface area contributed by atoms with Crippen LogP contribution in [0.15, 0.2) is 60.7 Å². The van der Waals surface area contributed by atoms with Crippen molar-refractivity contribution in [3.8, 4) is 0 Å². The van der Waals surface area contributed by atoms with Crippen molar-refractivity contribution in [1.29, 1.82) is 0 Å². The SMILES string of the molecule is CC.CC.O[C@H](c1ccccc1)C1CCCN1.O[C@H](c1ccccc1)[C@H]1CCCN1. The third-order valence-electron chi connectivity index (χ3n) is 5.24. The van der Waals surface area contributed by atoms with Crippen LogP contribution in [0.25, 0.3) is 0 Å². The van der Waals surface area contributed by atoms with E-state index in [-0.39, 0.29) is 24.3 Å². The van der Waals surface area contributed by atoms with Crippen molar-refractivity contribution < 1.29 is 10.2 Å². The summed E-state index contributed by atoms with van der Waals surface area (Å²) in [6.07, 6.45) is 3.82.